The summed E-state index contributed by atoms with van der Waals surface area (Å²) >= 11 is 0. The Labute approximate surface area is 205 Å². The predicted molar refractivity (Wildman–Crippen MR) is 132 cm³/mol. The van der Waals surface area contributed by atoms with Crippen LogP contribution in [0, 0.1) is 12.3 Å². The number of carbonyl (C=O) groups excluding carboxylic acids is 2. The minimum absolute atomic E-state index is 0.0574. The third kappa shape index (κ3) is 4.65. The first-order valence-corrected chi connectivity index (χ1v) is 12.3. The van der Waals surface area contributed by atoms with Crippen molar-refractivity contribution in [3.8, 4) is 11.4 Å². The molecule has 5 rings (SSSR count). The number of aryl methyl sites for hydroxylation is 1. The standard InChI is InChI=1S/C27H31N5O3/c1-3-35-23-11-9-21(10-12-23)25(33)30-16-13-27(14-17-30)15-18-31(19-27)26(34)24-20(2)28-32(29-24)22-7-5-4-6-8-22/h4-12H,3,13-19H2,1-2H3. The van der Waals surface area contributed by atoms with Gasteiger partial charge < -0.3 is 14.5 Å². The number of likely N-dealkylation sites (tertiary alicyclic amines) is 2. The van der Waals surface area contributed by atoms with Gasteiger partial charge in [0.2, 0.25) is 0 Å². The first kappa shape index (κ1) is 23.1. The summed E-state index contributed by atoms with van der Waals surface area (Å²) in [5, 5.41) is 8.95. The lowest BCUT2D eigenvalue weighted by Crippen LogP contribution is -2.44. The van der Waals surface area contributed by atoms with Gasteiger partial charge in [0.1, 0.15) is 5.75 Å². The van der Waals surface area contributed by atoms with Crippen LogP contribution in [0.15, 0.2) is 54.6 Å². The molecule has 2 fully saturated rings. The summed E-state index contributed by atoms with van der Waals surface area (Å²) in [6.45, 7) is 7.20. The molecule has 35 heavy (non-hydrogen) atoms. The Hall–Kier alpha value is -3.68. The predicted octanol–water partition coefficient (Wildman–Crippen LogP) is 3.74. The number of hydrogen-bond donors (Lipinski definition) is 0. The minimum atomic E-state index is -0.0607. The molecule has 3 aromatic rings. The molecule has 0 atom stereocenters. The average molecular weight is 474 g/mol. The number of hydrogen-bond acceptors (Lipinski definition) is 5. The molecule has 8 heteroatoms. The second kappa shape index (κ2) is 9.52. The number of nitrogens with zero attached hydrogens (tertiary/aromatic N) is 5. The molecule has 0 unspecified atom stereocenters. The van der Waals surface area contributed by atoms with Gasteiger partial charge in [0.05, 0.1) is 18.0 Å². The molecule has 2 amide bonds. The summed E-state index contributed by atoms with van der Waals surface area (Å²) in [6, 6.07) is 17.0. The summed E-state index contributed by atoms with van der Waals surface area (Å²) in [5.74, 6) is 0.771. The molecule has 8 nitrogen and oxygen atoms in total. The van der Waals surface area contributed by atoms with E-state index in [-0.39, 0.29) is 17.2 Å². The number of aromatic nitrogens is 3. The van der Waals surface area contributed by atoms with Gasteiger partial charge in [-0.05, 0) is 74.9 Å². The number of ether oxygens (including phenoxy) is 1. The van der Waals surface area contributed by atoms with E-state index >= 15 is 0 Å². The number of carbonyl (C=O) groups is 2. The van der Waals surface area contributed by atoms with Gasteiger partial charge in [-0.2, -0.15) is 9.90 Å². The van der Waals surface area contributed by atoms with E-state index in [0.717, 1.165) is 30.7 Å². The molecule has 2 aromatic carbocycles. The third-order valence-corrected chi connectivity index (χ3v) is 7.22. The lowest BCUT2D eigenvalue weighted by Gasteiger charge is -2.39. The molecule has 2 saturated heterocycles. The van der Waals surface area contributed by atoms with Gasteiger partial charge in [0, 0.05) is 31.7 Å². The summed E-state index contributed by atoms with van der Waals surface area (Å²) in [6.07, 6.45) is 2.75. The van der Waals surface area contributed by atoms with Crippen LogP contribution in [-0.4, -0.2) is 69.4 Å². The maximum Gasteiger partial charge on any atom is 0.276 e. The maximum atomic E-state index is 13.3. The smallest absolute Gasteiger partial charge is 0.276 e. The number of para-hydroxylation sites is 1. The van der Waals surface area contributed by atoms with Gasteiger partial charge in [-0.15, -0.1) is 5.10 Å². The Morgan fingerprint density at radius 1 is 0.886 bits per heavy atom. The van der Waals surface area contributed by atoms with Crippen LogP contribution in [0.5, 0.6) is 5.75 Å². The Morgan fingerprint density at radius 3 is 2.20 bits per heavy atom. The normalized spacial score (nSPS) is 17.1. The highest BCUT2D eigenvalue weighted by Crippen LogP contribution is 2.41. The molecule has 1 spiro atoms. The van der Waals surface area contributed by atoms with Crippen molar-refractivity contribution in [1.82, 2.24) is 24.8 Å². The largest absolute Gasteiger partial charge is 0.494 e. The van der Waals surface area contributed by atoms with Crippen molar-refractivity contribution in [2.45, 2.75) is 33.1 Å². The molecule has 0 saturated carbocycles. The molecular formula is C27H31N5O3. The Morgan fingerprint density at radius 2 is 1.54 bits per heavy atom. The monoisotopic (exact) mass is 473 g/mol. The summed E-state index contributed by atoms with van der Waals surface area (Å²) in [4.78, 5) is 31.7. The van der Waals surface area contributed by atoms with Gasteiger partial charge in [-0.3, -0.25) is 9.59 Å². The van der Waals surface area contributed by atoms with Crippen LogP contribution < -0.4 is 4.74 Å². The highest BCUT2D eigenvalue weighted by Gasteiger charge is 2.43. The van der Waals surface area contributed by atoms with Crippen LogP contribution in [0.2, 0.25) is 0 Å². The van der Waals surface area contributed by atoms with Crippen molar-refractivity contribution in [2.75, 3.05) is 32.8 Å². The summed E-state index contributed by atoms with van der Waals surface area (Å²) in [7, 11) is 0. The molecule has 1 aromatic heterocycles. The first-order chi connectivity index (χ1) is 17.0. The second-order valence-electron chi connectivity index (χ2n) is 9.49. The fourth-order valence-corrected chi connectivity index (χ4v) is 5.15. The zero-order valence-electron chi connectivity index (χ0n) is 20.3. The zero-order valence-corrected chi connectivity index (χ0v) is 20.3. The molecule has 3 heterocycles. The average Bonchev–Trinajstić information content (AvgIpc) is 3.49. The van der Waals surface area contributed by atoms with Crippen LogP contribution >= 0.6 is 0 Å². The minimum Gasteiger partial charge on any atom is -0.494 e. The quantitative estimate of drug-likeness (QED) is 0.564. The zero-order chi connectivity index (χ0) is 24.4. The topological polar surface area (TPSA) is 80.6 Å². The van der Waals surface area contributed by atoms with Crippen molar-refractivity contribution in [3.05, 3.63) is 71.5 Å². The lowest BCUT2D eigenvalue weighted by atomic mass is 9.77. The molecule has 2 aliphatic rings. The van der Waals surface area contributed by atoms with E-state index in [1.54, 1.807) is 0 Å². The van der Waals surface area contributed by atoms with E-state index in [1.807, 2.05) is 78.2 Å². The van der Waals surface area contributed by atoms with Gasteiger partial charge >= 0.3 is 0 Å². The molecular weight excluding hydrogens is 442 g/mol. The van der Waals surface area contributed by atoms with E-state index in [0.29, 0.717) is 49.7 Å². The fourth-order valence-electron chi connectivity index (χ4n) is 5.15. The fraction of sp³-hybridized carbons (Fsp3) is 0.407. The van der Waals surface area contributed by atoms with E-state index in [2.05, 4.69) is 10.2 Å². The van der Waals surface area contributed by atoms with Crippen LogP contribution in [0.4, 0.5) is 0 Å². The van der Waals surface area contributed by atoms with Crippen LogP contribution in [-0.2, 0) is 0 Å². The summed E-state index contributed by atoms with van der Waals surface area (Å²) in [5.41, 5.74) is 2.63. The van der Waals surface area contributed by atoms with Crippen molar-refractivity contribution < 1.29 is 14.3 Å². The third-order valence-electron chi connectivity index (χ3n) is 7.22. The molecule has 0 N–H and O–H groups in total. The Balaban J connectivity index is 1.20. The molecule has 0 bridgehead atoms. The van der Waals surface area contributed by atoms with E-state index in [1.165, 1.54) is 4.80 Å². The van der Waals surface area contributed by atoms with Crippen molar-refractivity contribution in [2.24, 2.45) is 5.41 Å². The molecule has 0 aliphatic carbocycles. The van der Waals surface area contributed by atoms with E-state index in [4.69, 9.17) is 4.74 Å². The molecule has 2 aliphatic heterocycles. The van der Waals surface area contributed by atoms with E-state index < -0.39 is 0 Å². The number of rotatable bonds is 5. The molecule has 0 radical (unpaired) electrons. The van der Waals surface area contributed by atoms with Crippen LogP contribution in [0.3, 0.4) is 0 Å². The SMILES string of the molecule is CCOc1ccc(C(=O)N2CCC3(CC2)CCN(C(=O)c2nn(-c4ccccc4)nc2C)C3)cc1. The highest BCUT2D eigenvalue weighted by molar-refractivity contribution is 5.94. The van der Waals surface area contributed by atoms with Crippen molar-refractivity contribution >= 4 is 11.8 Å². The van der Waals surface area contributed by atoms with Crippen molar-refractivity contribution in [3.63, 3.8) is 0 Å². The number of benzene rings is 2. The van der Waals surface area contributed by atoms with Crippen molar-refractivity contribution in [1.29, 1.82) is 0 Å². The number of piperidine rings is 1. The second-order valence-corrected chi connectivity index (χ2v) is 9.49. The Bertz CT molecular complexity index is 1200. The van der Waals surface area contributed by atoms with Gasteiger partial charge in [0.25, 0.3) is 11.8 Å². The lowest BCUT2D eigenvalue weighted by molar-refractivity contribution is 0.0564. The van der Waals surface area contributed by atoms with Gasteiger partial charge in [-0.1, -0.05) is 18.2 Å². The van der Waals surface area contributed by atoms with E-state index in [9.17, 15) is 9.59 Å². The first-order valence-electron chi connectivity index (χ1n) is 12.3. The highest BCUT2D eigenvalue weighted by atomic mass is 16.5. The van der Waals surface area contributed by atoms with Crippen LogP contribution in [0.25, 0.3) is 5.69 Å². The maximum absolute atomic E-state index is 13.3. The van der Waals surface area contributed by atoms with Crippen LogP contribution in [0.1, 0.15) is 52.7 Å². The molecule has 182 valence electrons. The number of amides is 2. The van der Waals surface area contributed by atoms with Gasteiger partial charge in [-0.25, -0.2) is 0 Å². The Kier molecular flexibility index (Phi) is 6.28. The summed E-state index contributed by atoms with van der Waals surface area (Å²) < 4.78 is 5.48. The van der Waals surface area contributed by atoms with Gasteiger partial charge in [0.15, 0.2) is 5.69 Å².